The number of alkyl halides is 3. The first-order valence-electron chi connectivity index (χ1n) is 4.82. The first-order valence-corrected chi connectivity index (χ1v) is 6.31. The lowest BCUT2D eigenvalue weighted by atomic mass is 10.3. The fourth-order valence-electron chi connectivity index (χ4n) is 1.06. The predicted molar refractivity (Wildman–Crippen MR) is 56.7 cm³/mol. The van der Waals surface area contributed by atoms with Gasteiger partial charge in [0, 0.05) is 6.20 Å². The summed E-state index contributed by atoms with van der Waals surface area (Å²) in [6, 6.07) is -0.209. The van der Waals surface area contributed by atoms with Crippen LogP contribution in [0.15, 0.2) is 23.2 Å². The van der Waals surface area contributed by atoms with Gasteiger partial charge < -0.3 is 5.11 Å². The van der Waals surface area contributed by atoms with E-state index in [1.807, 2.05) is 0 Å². The highest BCUT2D eigenvalue weighted by molar-refractivity contribution is 7.89. The Labute approximate surface area is 106 Å². The zero-order valence-electron chi connectivity index (χ0n) is 9.47. The number of carbonyl (C=O) groups is 1. The molecule has 1 aromatic rings. The SMILES string of the molecule is C[C@H](NS(=O)(=O)c1ccc(C(F)(F)F)nc1)C(=O)O. The summed E-state index contributed by atoms with van der Waals surface area (Å²) >= 11 is 0. The molecule has 19 heavy (non-hydrogen) atoms. The second-order valence-electron chi connectivity index (χ2n) is 3.56. The van der Waals surface area contributed by atoms with E-state index in [0.717, 1.165) is 6.92 Å². The summed E-state index contributed by atoms with van der Waals surface area (Å²) in [7, 11) is -4.23. The van der Waals surface area contributed by atoms with E-state index in [-0.39, 0.29) is 0 Å². The molecule has 1 rings (SSSR count). The fourth-order valence-corrected chi connectivity index (χ4v) is 2.20. The van der Waals surface area contributed by atoms with Crippen molar-refractivity contribution in [3.8, 4) is 0 Å². The first-order chi connectivity index (χ1) is 8.54. The maximum atomic E-state index is 12.2. The van der Waals surface area contributed by atoms with Crippen molar-refractivity contribution in [3.05, 3.63) is 24.0 Å². The minimum absolute atomic E-state index is 0.500. The summed E-state index contributed by atoms with van der Waals surface area (Å²) in [6.07, 6.45) is -4.16. The highest BCUT2D eigenvalue weighted by Crippen LogP contribution is 2.27. The molecular formula is C9H9F3N2O4S. The molecule has 0 amide bonds. The average Bonchev–Trinajstić information content (AvgIpc) is 2.27. The van der Waals surface area contributed by atoms with Crippen molar-refractivity contribution in [2.24, 2.45) is 0 Å². The number of aromatic nitrogens is 1. The standard InChI is InChI=1S/C9H9F3N2O4S/c1-5(8(15)16)14-19(17,18)6-2-3-7(13-4-6)9(10,11)12/h2-5,14H,1H3,(H,15,16)/t5-/m0/s1. The van der Waals surface area contributed by atoms with Crippen LogP contribution in [0.1, 0.15) is 12.6 Å². The lowest BCUT2D eigenvalue weighted by Crippen LogP contribution is -2.38. The van der Waals surface area contributed by atoms with Gasteiger partial charge in [-0.2, -0.15) is 17.9 Å². The van der Waals surface area contributed by atoms with Crippen LogP contribution in [0.2, 0.25) is 0 Å². The maximum Gasteiger partial charge on any atom is 0.433 e. The van der Waals surface area contributed by atoms with Crippen molar-refractivity contribution in [1.29, 1.82) is 0 Å². The van der Waals surface area contributed by atoms with E-state index in [1.165, 1.54) is 0 Å². The topological polar surface area (TPSA) is 96.4 Å². The van der Waals surface area contributed by atoms with Gasteiger partial charge in [0.05, 0.1) is 0 Å². The Morgan fingerprint density at radius 1 is 1.42 bits per heavy atom. The third-order valence-corrected chi connectivity index (χ3v) is 3.57. The summed E-state index contributed by atoms with van der Waals surface area (Å²) in [6.45, 7) is 1.08. The van der Waals surface area contributed by atoms with Gasteiger partial charge in [0.25, 0.3) is 0 Å². The molecule has 1 atom stereocenters. The molecule has 0 aliphatic rings. The monoisotopic (exact) mass is 298 g/mol. The summed E-state index contributed by atoms with van der Waals surface area (Å²) < 4.78 is 61.7. The molecule has 0 saturated heterocycles. The van der Waals surface area contributed by atoms with Crippen LogP contribution >= 0.6 is 0 Å². The smallest absolute Gasteiger partial charge is 0.433 e. The Kier molecular flexibility index (Phi) is 4.15. The number of hydrogen-bond acceptors (Lipinski definition) is 4. The minimum atomic E-state index is -4.68. The number of hydrogen-bond donors (Lipinski definition) is 2. The molecule has 0 radical (unpaired) electrons. The maximum absolute atomic E-state index is 12.2. The summed E-state index contributed by atoms with van der Waals surface area (Å²) in [4.78, 5) is 12.9. The molecule has 2 N–H and O–H groups in total. The van der Waals surface area contributed by atoms with Gasteiger partial charge in [0.1, 0.15) is 16.6 Å². The van der Waals surface area contributed by atoms with Gasteiger partial charge in [0.2, 0.25) is 10.0 Å². The van der Waals surface area contributed by atoms with Crippen LogP contribution in [-0.4, -0.2) is 30.5 Å². The van der Waals surface area contributed by atoms with Crippen LogP contribution in [-0.2, 0) is 21.0 Å². The van der Waals surface area contributed by atoms with Gasteiger partial charge in [-0.15, -0.1) is 0 Å². The molecule has 0 fully saturated rings. The number of rotatable bonds is 4. The van der Waals surface area contributed by atoms with E-state index in [4.69, 9.17) is 5.11 Å². The number of halogens is 3. The van der Waals surface area contributed by atoms with Crippen LogP contribution in [0.5, 0.6) is 0 Å². The zero-order chi connectivity index (χ0) is 14.8. The number of nitrogens with one attached hydrogen (secondary N) is 1. The van der Waals surface area contributed by atoms with Crippen molar-refractivity contribution in [1.82, 2.24) is 9.71 Å². The Balaban J connectivity index is 3.01. The molecular weight excluding hydrogens is 289 g/mol. The molecule has 0 bridgehead atoms. The van der Waals surface area contributed by atoms with E-state index in [9.17, 15) is 26.4 Å². The summed E-state index contributed by atoms with van der Waals surface area (Å²) in [5.41, 5.74) is -1.24. The van der Waals surface area contributed by atoms with Gasteiger partial charge in [-0.05, 0) is 19.1 Å². The molecule has 6 nitrogen and oxygen atoms in total. The van der Waals surface area contributed by atoms with Gasteiger partial charge in [-0.3, -0.25) is 9.78 Å². The second kappa shape index (κ2) is 5.13. The predicted octanol–water partition coefficient (Wildman–Crippen LogP) is 0.852. The molecule has 106 valence electrons. The zero-order valence-corrected chi connectivity index (χ0v) is 10.3. The number of nitrogens with zero attached hydrogens (tertiary/aromatic N) is 1. The van der Waals surface area contributed by atoms with Crippen molar-refractivity contribution >= 4 is 16.0 Å². The van der Waals surface area contributed by atoms with Gasteiger partial charge in [0.15, 0.2) is 0 Å². The Hall–Kier alpha value is -1.68. The van der Waals surface area contributed by atoms with Gasteiger partial charge >= 0.3 is 12.1 Å². The van der Waals surface area contributed by atoms with Crippen LogP contribution in [0.3, 0.4) is 0 Å². The van der Waals surface area contributed by atoms with Crippen LogP contribution in [0.25, 0.3) is 0 Å². The third-order valence-electron chi connectivity index (χ3n) is 2.04. The van der Waals surface area contributed by atoms with Crippen LogP contribution < -0.4 is 4.72 Å². The number of carboxylic acids is 1. The first kappa shape index (κ1) is 15.4. The molecule has 0 aliphatic carbocycles. The number of carboxylic acid groups (broad SMARTS) is 1. The van der Waals surface area contributed by atoms with Gasteiger partial charge in [-0.25, -0.2) is 8.42 Å². The van der Waals surface area contributed by atoms with Crippen molar-refractivity contribution in [2.75, 3.05) is 0 Å². The minimum Gasteiger partial charge on any atom is -0.480 e. The molecule has 0 unspecified atom stereocenters. The third kappa shape index (κ3) is 3.89. The Morgan fingerprint density at radius 3 is 2.37 bits per heavy atom. The Morgan fingerprint density at radius 2 is 2.00 bits per heavy atom. The lowest BCUT2D eigenvalue weighted by Gasteiger charge is -2.11. The number of pyridine rings is 1. The molecule has 0 spiro atoms. The van der Waals surface area contributed by atoms with E-state index in [2.05, 4.69) is 4.98 Å². The van der Waals surface area contributed by atoms with Crippen molar-refractivity contribution < 1.29 is 31.5 Å². The number of aliphatic carboxylic acids is 1. The Bertz CT molecular complexity index is 568. The molecule has 0 saturated carbocycles. The lowest BCUT2D eigenvalue weighted by molar-refractivity contribution is -0.141. The van der Waals surface area contributed by atoms with E-state index in [0.29, 0.717) is 18.3 Å². The van der Waals surface area contributed by atoms with Crippen molar-refractivity contribution in [2.45, 2.75) is 24.0 Å². The van der Waals surface area contributed by atoms with E-state index >= 15 is 0 Å². The highest BCUT2D eigenvalue weighted by atomic mass is 32.2. The molecule has 1 heterocycles. The second-order valence-corrected chi connectivity index (χ2v) is 5.27. The van der Waals surface area contributed by atoms with Crippen LogP contribution in [0, 0.1) is 0 Å². The largest absolute Gasteiger partial charge is 0.480 e. The van der Waals surface area contributed by atoms with Gasteiger partial charge in [-0.1, -0.05) is 0 Å². The molecule has 0 aliphatic heterocycles. The normalized spacial score (nSPS) is 14.1. The van der Waals surface area contributed by atoms with E-state index < -0.39 is 38.8 Å². The quantitative estimate of drug-likeness (QED) is 0.859. The summed E-state index contributed by atoms with van der Waals surface area (Å²) in [5.74, 6) is -1.41. The highest BCUT2D eigenvalue weighted by Gasteiger charge is 2.32. The molecule has 10 heteroatoms. The van der Waals surface area contributed by atoms with Crippen molar-refractivity contribution in [3.63, 3.8) is 0 Å². The fraction of sp³-hybridized carbons (Fsp3) is 0.333. The molecule has 0 aromatic carbocycles. The number of sulfonamides is 1. The molecule has 1 aromatic heterocycles. The average molecular weight is 298 g/mol. The summed E-state index contributed by atoms with van der Waals surface area (Å²) in [5, 5.41) is 8.55. The van der Waals surface area contributed by atoms with E-state index in [1.54, 1.807) is 4.72 Å². The van der Waals surface area contributed by atoms with Crippen LogP contribution in [0.4, 0.5) is 13.2 Å².